The summed E-state index contributed by atoms with van der Waals surface area (Å²) >= 11 is 0. The van der Waals surface area contributed by atoms with E-state index in [4.69, 9.17) is 4.74 Å². The van der Waals surface area contributed by atoms with Crippen molar-refractivity contribution >= 4 is 18.1 Å². The number of halogens is 1. The van der Waals surface area contributed by atoms with Crippen LogP contribution in [0.4, 0.5) is 5.69 Å². The van der Waals surface area contributed by atoms with Gasteiger partial charge in [0.15, 0.2) is 0 Å². The van der Waals surface area contributed by atoms with Gasteiger partial charge < -0.3 is 9.64 Å². The molecule has 2 fully saturated rings. The van der Waals surface area contributed by atoms with Crippen LogP contribution in [-0.2, 0) is 0 Å². The minimum atomic E-state index is 0. The van der Waals surface area contributed by atoms with Crippen molar-refractivity contribution in [2.75, 3.05) is 44.7 Å². The maximum Gasteiger partial charge on any atom is 0.120 e. The summed E-state index contributed by atoms with van der Waals surface area (Å²) < 4.78 is 5.59. The maximum absolute atomic E-state index is 5.59. The number of ether oxygens (including phenoxy) is 1. The van der Waals surface area contributed by atoms with Gasteiger partial charge in [0.05, 0.1) is 7.11 Å². The number of benzene rings is 1. The number of unbranched alkanes of at least 4 members (excludes halogenated alkanes) is 1. The zero-order valence-corrected chi connectivity index (χ0v) is 20.0. The molecule has 166 valence electrons. The molecule has 29 heavy (non-hydrogen) atoms. The summed E-state index contributed by atoms with van der Waals surface area (Å²) in [5.74, 6) is 1.71. The largest absolute Gasteiger partial charge is 0.497 e. The molecule has 0 spiro atoms. The Bertz CT molecular complexity index is 599. The van der Waals surface area contributed by atoms with Crippen LogP contribution in [0.3, 0.4) is 0 Å². The summed E-state index contributed by atoms with van der Waals surface area (Å²) in [6.07, 6.45) is 10.8. The Morgan fingerprint density at radius 2 is 1.66 bits per heavy atom. The van der Waals surface area contributed by atoms with Crippen LogP contribution in [-0.4, -0.2) is 44.7 Å². The van der Waals surface area contributed by atoms with Crippen LogP contribution >= 0.6 is 12.4 Å². The van der Waals surface area contributed by atoms with Crippen LogP contribution < -0.4 is 9.64 Å². The highest BCUT2D eigenvalue weighted by atomic mass is 35.5. The van der Waals surface area contributed by atoms with E-state index in [0.29, 0.717) is 11.3 Å². The van der Waals surface area contributed by atoms with E-state index in [1.54, 1.807) is 12.7 Å². The first-order chi connectivity index (χ1) is 13.6. The first-order valence-corrected chi connectivity index (χ1v) is 11.8. The molecule has 0 radical (unpaired) electrons. The molecule has 1 saturated heterocycles. The van der Waals surface area contributed by atoms with E-state index in [1.807, 2.05) is 0 Å². The Hall–Kier alpha value is -0.930. The number of rotatable bonds is 8. The Kier molecular flexibility index (Phi) is 9.62. The Morgan fingerprint density at radius 3 is 2.21 bits per heavy atom. The second kappa shape index (κ2) is 11.5. The predicted molar refractivity (Wildman–Crippen MR) is 128 cm³/mol. The summed E-state index contributed by atoms with van der Waals surface area (Å²) in [5, 5.41) is 0. The van der Waals surface area contributed by atoms with Gasteiger partial charge in [0, 0.05) is 37.9 Å². The fraction of sp³-hybridized carbons (Fsp3) is 0.760. The molecule has 2 aliphatic rings. The van der Waals surface area contributed by atoms with Crippen LogP contribution in [0, 0.1) is 5.41 Å². The van der Waals surface area contributed by atoms with Gasteiger partial charge in [0.1, 0.15) is 5.75 Å². The number of hydrogen-bond donors (Lipinski definition) is 0. The normalized spacial score (nSPS) is 20.3. The van der Waals surface area contributed by atoms with Gasteiger partial charge in [-0.3, -0.25) is 4.90 Å². The molecule has 1 aromatic rings. The summed E-state index contributed by atoms with van der Waals surface area (Å²) in [6, 6.07) is 6.85. The molecular weight excluding hydrogens is 380 g/mol. The van der Waals surface area contributed by atoms with E-state index >= 15 is 0 Å². The van der Waals surface area contributed by atoms with Crippen molar-refractivity contribution in [2.24, 2.45) is 5.41 Å². The number of nitrogens with zero attached hydrogens (tertiary/aromatic N) is 2. The summed E-state index contributed by atoms with van der Waals surface area (Å²) in [5.41, 5.74) is 3.62. The third-order valence-electron chi connectivity index (χ3n) is 7.76. The molecular formula is C25H43ClN2O. The molecule has 0 amide bonds. The molecule has 3 rings (SSSR count). The number of methoxy groups -OCH3 is 1. The highest BCUT2D eigenvalue weighted by Crippen LogP contribution is 2.49. The van der Waals surface area contributed by atoms with Crippen molar-refractivity contribution in [3.8, 4) is 5.75 Å². The van der Waals surface area contributed by atoms with Gasteiger partial charge in [-0.15, -0.1) is 12.4 Å². The molecule has 1 aliphatic carbocycles. The average molecular weight is 423 g/mol. The summed E-state index contributed by atoms with van der Waals surface area (Å²) in [6.45, 7) is 13.0. The number of hydrogen-bond acceptors (Lipinski definition) is 3. The van der Waals surface area contributed by atoms with Crippen LogP contribution in [0.1, 0.15) is 83.6 Å². The van der Waals surface area contributed by atoms with Gasteiger partial charge in [-0.05, 0) is 61.6 Å². The van der Waals surface area contributed by atoms with Crippen molar-refractivity contribution in [3.63, 3.8) is 0 Å². The molecule has 0 atom stereocenters. The molecule has 1 saturated carbocycles. The minimum Gasteiger partial charge on any atom is -0.497 e. The molecule has 0 aromatic heterocycles. The average Bonchev–Trinajstić information content (AvgIpc) is 2.77. The van der Waals surface area contributed by atoms with Crippen LogP contribution in [0.2, 0.25) is 0 Å². The van der Waals surface area contributed by atoms with Gasteiger partial charge in [-0.2, -0.15) is 0 Å². The lowest BCUT2D eigenvalue weighted by atomic mass is 9.66. The van der Waals surface area contributed by atoms with E-state index in [0.717, 1.165) is 18.8 Å². The maximum atomic E-state index is 5.59. The third-order valence-corrected chi connectivity index (χ3v) is 7.76. The monoisotopic (exact) mass is 422 g/mol. The van der Waals surface area contributed by atoms with E-state index < -0.39 is 0 Å². The van der Waals surface area contributed by atoms with Crippen molar-refractivity contribution in [2.45, 2.75) is 78.1 Å². The minimum absolute atomic E-state index is 0. The molecule has 1 aromatic carbocycles. The molecule has 4 heteroatoms. The van der Waals surface area contributed by atoms with Crippen molar-refractivity contribution in [1.82, 2.24) is 4.90 Å². The standard InChI is InChI=1S/C25H42N2O.ClH/c1-5-8-15-26-16-18-27(19-17-26)24-20-22(28-4)9-10-23(24)21-11-13-25(6-2,7-3)14-12-21;/h9-10,20-21H,5-8,11-19H2,1-4H3;1H. The van der Waals surface area contributed by atoms with Gasteiger partial charge >= 0.3 is 0 Å². The van der Waals surface area contributed by atoms with Crippen LogP contribution in [0.15, 0.2) is 18.2 Å². The fourth-order valence-corrected chi connectivity index (χ4v) is 5.36. The molecule has 0 unspecified atom stereocenters. The first-order valence-electron chi connectivity index (χ1n) is 11.8. The molecule has 0 N–H and O–H groups in total. The van der Waals surface area contributed by atoms with Crippen molar-refractivity contribution in [1.29, 1.82) is 0 Å². The molecule has 1 aliphatic heterocycles. The van der Waals surface area contributed by atoms with Crippen molar-refractivity contribution in [3.05, 3.63) is 23.8 Å². The zero-order chi connectivity index (χ0) is 20.0. The topological polar surface area (TPSA) is 15.7 Å². The third kappa shape index (κ3) is 5.82. The Morgan fingerprint density at radius 1 is 1.00 bits per heavy atom. The van der Waals surface area contributed by atoms with E-state index in [9.17, 15) is 0 Å². The fourth-order valence-electron chi connectivity index (χ4n) is 5.36. The van der Waals surface area contributed by atoms with Crippen LogP contribution in [0.5, 0.6) is 5.75 Å². The number of anilines is 1. The van der Waals surface area contributed by atoms with Crippen molar-refractivity contribution < 1.29 is 4.74 Å². The van der Waals surface area contributed by atoms with Crippen LogP contribution in [0.25, 0.3) is 0 Å². The molecule has 1 heterocycles. The van der Waals surface area contributed by atoms with Gasteiger partial charge in [0.25, 0.3) is 0 Å². The SMILES string of the molecule is CCCCN1CCN(c2cc(OC)ccc2C2CCC(CC)(CC)CC2)CC1.Cl. The lowest BCUT2D eigenvalue weighted by Gasteiger charge is -2.41. The summed E-state index contributed by atoms with van der Waals surface area (Å²) in [4.78, 5) is 5.26. The van der Waals surface area contributed by atoms with Gasteiger partial charge in [-0.1, -0.05) is 46.1 Å². The number of piperazine rings is 1. The lowest BCUT2D eigenvalue weighted by Crippen LogP contribution is -2.47. The predicted octanol–water partition coefficient (Wildman–Crippen LogP) is 6.50. The second-order valence-electron chi connectivity index (χ2n) is 9.09. The molecule has 0 bridgehead atoms. The summed E-state index contributed by atoms with van der Waals surface area (Å²) in [7, 11) is 1.79. The van der Waals surface area contributed by atoms with E-state index in [1.165, 1.54) is 76.7 Å². The smallest absolute Gasteiger partial charge is 0.120 e. The Labute approximate surface area is 185 Å². The van der Waals surface area contributed by atoms with E-state index in [2.05, 4.69) is 48.8 Å². The highest BCUT2D eigenvalue weighted by Gasteiger charge is 2.34. The first kappa shape index (κ1) is 24.3. The quantitative estimate of drug-likeness (QED) is 0.475. The second-order valence-corrected chi connectivity index (χ2v) is 9.09. The highest BCUT2D eigenvalue weighted by molar-refractivity contribution is 5.85. The van der Waals surface area contributed by atoms with Gasteiger partial charge in [0.2, 0.25) is 0 Å². The lowest BCUT2D eigenvalue weighted by molar-refractivity contribution is 0.159. The molecule has 3 nitrogen and oxygen atoms in total. The van der Waals surface area contributed by atoms with Gasteiger partial charge in [-0.25, -0.2) is 0 Å². The zero-order valence-electron chi connectivity index (χ0n) is 19.2. The Balaban J connectivity index is 0.00000300. The van der Waals surface area contributed by atoms with E-state index in [-0.39, 0.29) is 12.4 Å².